The molecule has 3 N–H and O–H groups in total. The zero-order chi connectivity index (χ0) is 21.3. The van der Waals surface area contributed by atoms with Crippen LogP contribution in [0.25, 0.3) is 0 Å². The van der Waals surface area contributed by atoms with Gasteiger partial charge in [0.1, 0.15) is 0 Å². The van der Waals surface area contributed by atoms with E-state index < -0.39 is 6.36 Å². The summed E-state index contributed by atoms with van der Waals surface area (Å²) in [6.45, 7) is 2.83. The molecule has 30 heavy (non-hydrogen) atoms. The summed E-state index contributed by atoms with van der Waals surface area (Å²) in [6.07, 6.45) is -3.36. The van der Waals surface area contributed by atoms with E-state index in [1.54, 1.807) is 13.2 Å². The van der Waals surface area contributed by atoms with Crippen LogP contribution in [-0.2, 0) is 6.42 Å². The number of aryl methyl sites for hydroxylation is 1. The van der Waals surface area contributed by atoms with E-state index in [0.717, 1.165) is 12.0 Å². The fourth-order valence-corrected chi connectivity index (χ4v) is 2.59. The molecule has 0 fully saturated rings. The van der Waals surface area contributed by atoms with Crippen LogP contribution in [0.1, 0.15) is 18.9 Å². The van der Waals surface area contributed by atoms with E-state index in [4.69, 9.17) is 15.2 Å². The number of rotatable bonds is 9. The Morgan fingerprint density at radius 1 is 1.10 bits per heavy atom. The van der Waals surface area contributed by atoms with Crippen molar-refractivity contribution in [2.24, 2.45) is 10.7 Å². The Balaban J connectivity index is 0.00000450. The molecule has 6 nitrogen and oxygen atoms in total. The van der Waals surface area contributed by atoms with E-state index in [-0.39, 0.29) is 41.4 Å². The van der Waals surface area contributed by atoms with Crippen molar-refractivity contribution < 1.29 is 27.4 Å². The van der Waals surface area contributed by atoms with Crippen molar-refractivity contribution >= 4 is 35.6 Å². The lowest BCUT2D eigenvalue weighted by molar-refractivity contribution is -0.274. The molecule has 0 amide bonds. The monoisotopic (exact) mass is 539 g/mol. The van der Waals surface area contributed by atoms with Crippen molar-refractivity contribution in [3.05, 3.63) is 48.0 Å². The van der Waals surface area contributed by atoms with E-state index in [1.165, 1.54) is 18.2 Å². The first-order chi connectivity index (χ1) is 13.8. The van der Waals surface area contributed by atoms with E-state index in [2.05, 4.69) is 15.0 Å². The summed E-state index contributed by atoms with van der Waals surface area (Å²) in [5.74, 6) is 0.980. The minimum absolute atomic E-state index is 0. The molecule has 2 rings (SSSR count). The van der Waals surface area contributed by atoms with E-state index in [0.29, 0.717) is 31.1 Å². The summed E-state index contributed by atoms with van der Waals surface area (Å²) >= 11 is 0. The maximum atomic E-state index is 12.5. The lowest BCUT2D eigenvalue weighted by Crippen LogP contribution is -2.24. The number of guanidine groups is 1. The van der Waals surface area contributed by atoms with Gasteiger partial charge in [0.15, 0.2) is 23.2 Å². The van der Waals surface area contributed by atoms with Crippen molar-refractivity contribution in [3.8, 4) is 17.2 Å². The van der Waals surface area contributed by atoms with Crippen molar-refractivity contribution in [1.29, 1.82) is 0 Å². The average Bonchev–Trinajstić information content (AvgIpc) is 2.66. The number of alkyl halides is 3. The Morgan fingerprint density at radius 2 is 1.83 bits per heavy atom. The Labute approximate surface area is 190 Å². The van der Waals surface area contributed by atoms with Gasteiger partial charge in [-0.3, -0.25) is 4.99 Å². The number of anilines is 1. The quantitative estimate of drug-likeness (QED) is 0.204. The second-order valence-corrected chi connectivity index (χ2v) is 5.96. The predicted octanol–water partition coefficient (Wildman–Crippen LogP) is 4.97. The summed E-state index contributed by atoms with van der Waals surface area (Å²) in [5, 5.41) is 2.64. The fourth-order valence-electron chi connectivity index (χ4n) is 2.59. The van der Waals surface area contributed by atoms with Crippen LogP contribution in [0.3, 0.4) is 0 Å². The Bertz CT molecular complexity index is 832. The van der Waals surface area contributed by atoms with Crippen LogP contribution in [-0.4, -0.2) is 32.6 Å². The van der Waals surface area contributed by atoms with E-state index in [9.17, 15) is 13.2 Å². The van der Waals surface area contributed by atoms with Gasteiger partial charge in [-0.1, -0.05) is 18.2 Å². The van der Waals surface area contributed by atoms with Gasteiger partial charge in [-0.2, -0.15) is 0 Å². The highest BCUT2D eigenvalue weighted by atomic mass is 127. The number of benzene rings is 2. The molecule has 0 spiro atoms. The molecular weight excluding hydrogens is 514 g/mol. The molecule has 10 heteroatoms. The first-order valence-electron chi connectivity index (χ1n) is 9.03. The highest BCUT2D eigenvalue weighted by Gasteiger charge is 2.32. The zero-order valence-electron chi connectivity index (χ0n) is 16.7. The standard InChI is InChI=1S/C20H24F3N3O3.HI/c1-3-28-18-13-14(10-11-17(18)27-2)7-6-12-25-19(24)26-15-8-4-5-9-16(15)29-20(21,22)23;/h4-5,8-11,13H,3,6-7,12H2,1-2H3,(H3,24,25,26);1H. The summed E-state index contributed by atoms with van der Waals surface area (Å²) < 4.78 is 52.2. The van der Waals surface area contributed by atoms with E-state index >= 15 is 0 Å². The molecule has 0 aliphatic carbocycles. The molecule has 0 unspecified atom stereocenters. The first kappa shape index (κ1) is 25.7. The molecule has 0 aromatic heterocycles. The van der Waals surface area contributed by atoms with Crippen LogP contribution in [0.15, 0.2) is 47.5 Å². The van der Waals surface area contributed by atoms with Crippen LogP contribution in [0.2, 0.25) is 0 Å². The molecule has 2 aromatic carbocycles. The molecule has 0 heterocycles. The number of ether oxygens (including phenoxy) is 3. The number of methoxy groups -OCH3 is 1. The van der Waals surface area contributed by atoms with E-state index in [1.807, 2.05) is 25.1 Å². The lowest BCUT2D eigenvalue weighted by atomic mass is 10.1. The van der Waals surface area contributed by atoms with Crippen molar-refractivity contribution in [3.63, 3.8) is 0 Å². The van der Waals surface area contributed by atoms with Crippen LogP contribution >= 0.6 is 24.0 Å². The molecule has 2 aromatic rings. The van der Waals surface area contributed by atoms with Crippen LogP contribution < -0.4 is 25.3 Å². The highest BCUT2D eigenvalue weighted by molar-refractivity contribution is 14.0. The second-order valence-electron chi connectivity index (χ2n) is 5.96. The van der Waals surface area contributed by atoms with Gasteiger partial charge in [-0.25, -0.2) is 0 Å². The summed E-state index contributed by atoms with van der Waals surface area (Å²) in [7, 11) is 1.58. The summed E-state index contributed by atoms with van der Waals surface area (Å²) in [6, 6.07) is 11.3. The van der Waals surface area contributed by atoms with Crippen molar-refractivity contribution in [2.45, 2.75) is 26.1 Å². The normalized spacial score (nSPS) is 11.4. The summed E-state index contributed by atoms with van der Waals surface area (Å²) in [5.41, 5.74) is 6.93. The molecule has 0 bridgehead atoms. The smallest absolute Gasteiger partial charge is 0.493 e. The molecular formula is C20H25F3IN3O3. The Hall–Kier alpha value is -2.37. The number of aliphatic imine (C=N–C) groups is 1. The maximum absolute atomic E-state index is 12.5. The summed E-state index contributed by atoms with van der Waals surface area (Å²) in [4.78, 5) is 4.16. The number of nitrogens with zero attached hydrogens (tertiary/aromatic N) is 1. The van der Waals surface area contributed by atoms with Crippen molar-refractivity contribution in [2.75, 3.05) is 25.6 Å². The number of nitrogens with two attached hydrogens (primary N) is 1. The van der Waals surface area contributed by atoms with Gasteiger partial charge in [-0.05, 0) is 49.6 Å². The third kappa shape index (κ3) is 8.56. The molecule has 0 aliphatic heterocycles. The molecule has 0 saturated heterocycles. The Morgan fingerprint density at radius 3 is 2.50 bits per heavy atom. The third-order valence-electron chi connectivity index (χ3n) is 3.81. The van der Waals surface area contributed by atoms with Gasteiger partial charge in [0.25, 0.3) is 0 Å². The number of hydrogen-bond acceptors (Lipinski definition) is 4. The molecule has 166 valence electrons. The topological polar surface area (TPSA) is 78.1 Å². The van der Waals surface area contributed by atoms with Crippen LogP contribution in [0, 0.1) is 0 Å². The number of halogens is 4. The fraction of sp³-hybridized carbons (Fsp3) is 0.350. The van der Waals surface area contributed by atoms with Gasteiger partial charge in [0.2, 0.25) is 0 Å². The molecule has 0 atom stereocenters. The van der Waals surface area contributed by atoms with Gasteiger partial charge < -0.3 is 25.3 Å². The maximum Gasteiger partial charge on any atom is 0.573 e. The van der Waals surface area contributed by atoms with Gasteiger partial charge >= 0.3 is 6.36 Å². The molecule has 0 saturated carbocycles. The number of nitrogens with one attached hydrogen (secondary N) is 1. The molecule has 0 aliphatic rings. The number of para-hydroxylation sites is 2. The van der Waals surface area contributed by atoms with Crippen molar-refractivity contribution in [1.82, 2.24) is 0 Å². The highest BCUT2D eigenvalue weighted by Crippen LogP contribution is 2.30. The lowest BCUT2D eigenvalue weighted by Gasteiger charge is -2.14. The minimum atomic E-state index is -4.79. The second kappa shape index (κ2) is 12.4. The average molecular weight is 539 g/mol. The third-order valence-corrected chi connectivity index (χ3v) is 3.81. The predicted molar refractivity (Wildman–Crippen MR) is 121 cm³/mol. The first-order valence-corrected chi connectivity index (χ1v) is 9.03. The SMILES string of the molecule is CCOc1cc(CCCN=C(N)Nc2ccccc2OC(F)(F)F)ccc1OC.I. The largest absolute Gasteiger partial charge is 0.573 e. The zero-order valence-corrected chi connectivity index (χ0v) is 19.0. The van der Waals surface area contributed by atoms with Gasteiger partial charge in [0, 0.05) is 6.54 Å². The number of hydrogen-bond donors (Lipinski definition) is 2. The minimum Gasteiger partial charge on any atom is -0.493 e. The van der Waals surface area contributed by atoms with Gasteiger partial charge in [0.05, 0.1) is 19.4 Å². The van der Waals surface area contributed by atoms with Crippen LogP contribution in [0.4, 0.5) is 18.9 Å². The van der Waals surface area contributed by atoms with Gasteiger partial charge in [-0.15, -0.1) is 37.1 Å². The van der Waals surface area contributed by atoms with Crippen LogP contribution in [0.5, 0.6) is 17.2 Å². The molecule has 0 radical (unpaired) electrons. The Kier molecular flexibility index (Phi) is 10.6.